The van der Waals surface area contributed by atoms with Crippen LogP contribution in [0, 0.1) is 18.3 Å². The Bertz CT molecular complexity index is 1560. The maximum atomic E-state index is 14.6. The van der Waals surface area contributed by atoms with Crippen molar-refractivity contribution in [3.63, 3.8) is 0 Å². The molecule has 6 aliphatic rings. The van der Waals surface area contributed by atoms with E-state index < -0.39 is 0 Å². The lowest BCUT2D eigenvalue weighted by Gasteiger charge is -2.55. The molecule has 0 unspecified atom stereocenters. The topological polar surface area (TPSA) is 78.8 Å². The summed E-state index contributed by atoms with van der Waals surface area (Å²) < 4.78 is 5.56. The number of ether oxygens (including phenoxy) is 1. The Morgan fingerprint density at radius 1 is 1.00 bits per heavy atom. The van der Waals surface area contributed by atoms with Gasteiger partial charge in [0.05, 0.1) is 23.1 Å². The number of likely N-dealkylation sites (tertiary alicyclic amines) is 1. The van der Waals surface area contributed by atoms with E-state index in [1.54, 1.807) is 18.4 Å². The van der Waals surface area contributed by atoms with Crippen molar-refractivity contribution in [2.24, 2.45) is 11.3 Å². The number of hydrogen-bond acceptors (Lipinski definition) is 7. The fourth-order valence-electron chi connectivity index (χ4n) is 9.10. The second-order valence-corrected chi connectivity index (χ2v) is 16.3. The van der Waals surface area contributed by atoms with Crippen LogP contribution in [0.25, 0.3) is 10.4 Å². The predicted octanol–water partition coefficient (Wildman–Crippen LogP) is 7.26. The number of β-amino-alcohol motifs (C(OH)–C–C–N with tert-alkyl or cyclic N) is 1. The molecule has 46 heavy (non-hydrogen) atoms. The molecule has 0 radical (unpaired) electrons. The number of anilines is 1. The van der Waals surface area contributed by atoms with Crippen LogP contribution >= 0.6 is 11.3 Å². The van der Waals surface area contributed by atoms with Crippen LogP contribution < -0.4 is 9.64 Å². The summed E-state index contributed by atoms with van der Waals surface area (Å²) in [5, 5.41) is 11.1. The fourth-order valence-corrected chi connectivity index (χ4v) is 10.2. The third kappa shape index (κ3) is 5.68. The highest BCUT2D eigenvalue weighted by molar-refractivity contribution is 7.15. The summed E-state index contributed by atoms with van der Waals surface area (Å²) in [4.78, 5) is 29.9. The van der Waals surface area contributed by atoms with Gasteiger partial charge in [-0.05, 0) is 130 Å². The first-order chi connectivity index (χ1) is 22.3. The summed E-state index contributed by atoms with van der Waals surface area (Å²) in [6, 6.07) is 11.5. The zero-order valence-electron chi connectivity index (χ0n) is 27.4. The van der Waals surface area contributed by atoms with E-state index >= 15 is 0 Å². The lowest BCUT2D eigenvalue weighted by atomic mass is 9.51. The van der Waals surface area contributed by atoms with Gasteiger partial charge in [-0.3, -0.25) is 14.6 Å². The molecule has 3 aromatic rings. The number of nitrogens with zero attached hydrogens (tertiary/aromatic N) is 4. The number of thiazole rings is 1. The van der Waals surface area contributed by atoms with Crippen LogP contribution in [0.1, 0.15) is 99.1 Å². The van der Waals surface area contributed by atoms with E-state index in [1.165, 1.54) is 53.1 Å². The highest BCUT2D eigenvalue weighted by atomic mass is 32.1. The number of carbonyl (C=O) groups excluding carboxylic acids is 1. The first-order valence-electron chi connectivity index (χ1n) is 17.6. The number of hydrogen-bond donors (Lipinski definition) is 1. The van der Waals surface area contributed by atoms with E-state index in [0.717, 1.165) is 81.7 Å². The van der Waals surface area contributed by atoms with E-state index in [1.807, 2.05) is 12.4 Å². The Kier molecular flexibility index (Phi) is 7.97. The minimum Gasteiger partial charge on any atom is -0.496 e. The summed E-state index contributed by atoms with van der Waals surface area (Å²) in [5.41, 5.74) is 4.16. The summed E-state index contributed by atoms with van der Waals surface area (Å²) in [6.07, 6.45) is 17.1. The maximum absolute atomic E-state index is 14.6. The summed E-state index contributed by atoms with van der Waals surface area (Å²) >= 11 is 1.80. The number of aromatic nitrogens is 2. The predicted molar refractivity (Wildman–Crippen MR) is 183 cm³/mol. The van der Waals surface area contributed by atoms with Gasteiger partial charge in [-0.15, -0.1) is 11.3 Å². The van der Waals surface area contributed by atoms with Crippen LogP contribution in [0.15, 0.2) is 42.7 Å². The van der Waals surface area contributed by atoms with Gasteiger partial charge in [0.25, 0.3) is 0 Å². The van der Waals surface area contributed by atoms with Crippen LogP contribution in [0.5, 0.6) is 5.75 Å². The van der Waals surface area contributed by atoms with Gasteiger partial charge in [0.2, 0.25) is 5.91 Å². The number of rotatable bonds is 9. The number of benzene rings is 1. The van der Waals surface area contributed by atoms with E-state index in [9.17, 15) is 9.90 Å². The minimum atomic E-state index is -0.176. The number of fused-ring (bicyclic) bond motifs is 3. The molecule has 9 rings (SSSR count). The van der Waals surface area contributed by atoms with Crippen molar-refractivity contribution in [1.29, 1.82) is 0 Å². The summed E-state index contributed by atoms with van der Waals surface area (Å²) in [7, 11) is 1.75. The second kappa shape index (κ2) is 12.0. The Balaban J connectivity index is 1.03. The molecule has 1 aromatic carbocycles. The van der Waals surface area contributed by atoms with Gasteiger partial charge >= 0.3 is 0 Å². The van der Waals surface area contributed by atoms with Gasteiger partial charge in [0.1, 0.15) is 11.6 Å². The number of carbonyl (C=O) groups is 1. The smallest absolute Gasteiger partial charge is 0.231 e. The lowest BCUT2D eigenvalue weighted by Crippen LogP contribution is -2.56. The van der Waals surface area contributed by atoms with E-state index in [-0.39, 0.29) is 28.8 Å². The third-order valence-corrected chi connectivity index (χ3v) is 13.6. The van der Waals surface area contributed by atoms with Crippen molar-refractivity contribution >= 4 is 23.1 Å². The fraction of sp³-hybridized carbons (Fsp3) is 0.605. The van der Waals surface area contributed by atoms with Crippen molar-refractivity contribution in [3.8, 4) is 16.2 Å². The number of methoxy groups -OCH3 is 1. The molecule has 5 aliphatic carbocycles. The van der Waals surface area contributed by atoms with E-state index in [0.29, 0.717) is 12.0 Å². The molecule has 0 atom stereocenters. The number of aliphatic hydroxyl groups excluding tert-OH is 1. The molecule has 2 bridgehead atoms. The number of aliphatic hydroxyl groups is 1. The summed E-state index contributed by atoms with van der Waals surface area (Å²) in [5.74, 6) is 2.70. The molecule has 5 saturated carbocycles. The average Bonchev–Trinajstić information content (AvgIpc) is 3.82. The van der Waals surface area contributed by atoms with Crippen molar-refractivity contribution in [2.75, 3.05) is 31.6 Å². The molecule has 8 heteroatoms. The largest absolute Gasteiger partial charge is 0.496 e. The van der Waals surface area contributed by atoms with Gasteiger partial charge in [-0.2, -0.15) is 0 Å². The molecular weight excluding hydrogens is 593 g/mol. The monoisotopic (exact) mass is 640 g/mol. The van der Waals surface area contributed by atoms with Crippen LogP contribution in [0.2, 0.25) is 0 Å². The van der Waals surface area contributed by atoms with Crippen LogP contribution in [-0.2, 0) is 10.2 Å². The Morgan fingerprint density at radius 2 is 1.74 bits per heavy atom. The molecule has 3 heterocycles. The molecule has 2 aromatic heterocycles. The second-order valence-electron chi connectivity index (χ2n) is 15.2. The van der Waals surface area contributed by atoms with Crippen LogP contribution in [-0.4, -0.2) is 64.8 Å². The minimum absolute atomic E-state index is 0.0303. The Morgan fingerprint density at radius 3 is 2.39 bits per heavy atom. The molecule has 7 nitrogen and oxygen atoms in total. The Hall–Kier alpha value is -2.81. The van der Waals surface area contributed by atoms with Crippen molar-refractivity contribution in [1.82, 2.24) is 14.9 Å². The number of aryl methyl sites for hydroxylation is 1. The van der Waals surface area contributed by atoms with Gasteiger partial charge in [0.15, 0.2) is 0 Å². The zero-order valence-corrected chi connectivity index (χ0v) is 28.2. The van der Waals surface area contributed by atoms with E-state index in [2.05, 4.69) is 47.1 Å². The SMILES string of the molecule is COc1ccc(C23CCC(CN(C(=O)C4CCC(N5CC(O)C5)CC4)c4cc(-c5cnc(C6CC6)s5)ccn4)(CC2)CC3)cc1C. The molecular formula is C38H48N4O3S. The van der Waals surface area contributed by atoms with E-state index in [4.69, 9.17) is 14.7 Å². The average molecular weight is 641 g/mol. The van der Waals surface area contributed by atoms with Crippen LogP contribution in [0.4, 0.5) is 5.82 Å². The molecule has 0 spiro atoms. The first kappa shape index (κ1) is 30.5. The van der Waals surface area contributed by atoms with Gasteiger partial charge in [0, 0.05) is 49.9 Å². The van der Waals surface area contributed by atoms with Crippen molar-refractivity contribution in [3.05, 3.63) is 58.9 Å². The molecule has 1 N–H and O–H groups in total. The van der Waals surface area contributed by atoms with Crippen molar-refractivity contribution < 1.29 is 14.6 Å². The third-order valence-electron chi connectivity index (χ3n) is 12.4. The standard InChI is InChI=1S/C38H48N4O3S/c1-25-19-29(7-10-32(25)45-2)38-15-12-37(13-16-38,14-17-38)24-42(36(44)27-5-8-30(9-6-27)41-22-31(43)23-41)34-20-28(11-18-39-34)33-21-40-35(46-33)26-3-4-26/h7,10-11,18-21,26-27,30-31,43H,3-6,8-9,12-17,22-24H2,1-2H3. The highest BCUT2D eigenvalue weighted by Gasteiger charge is 2.51. The Labute approximate surface area is 277 Å². The van der Waals surface area contributed by atoms with Crippen molar-refractivity contribution in [2.45, 2.75) is 107 Å². The van der Waals surface area contributed by atoms with Gasteiger partial charge < -0.3 is 9.84 Å². The quantitative estimate of drug-likeness (QED) is 0.265. The zero-order chi connectivity index (χ0) is 31.5. The lowest BCUT2D eigenvalue weighted by molar-refractivity contribution is -0.125. The number of amides is 1. The molecule has 6 fully saturated rings. The highest BCUT2D eigenvalue weighted by Crippen LogP contribution is 2.58. The van der Waals surface area contributed by atoms with Gasteiger partial charge in [-0.25, -0.2) is 9.97 Å². The summed E-state index contributed by atoms with van der Waals surface area (Å²) in [6.45, 7) is 4.48. The first-order valence-corrected chi connectivity index (χ1v) is 18.5. The van der Waals surface area contributed by atoms with Gasteiger partial charge in [-0.1, -0.05) is 12.1 Å². The normalized spacial score (nSPS) is 29.8. The van der Waals surface area contributed by atoms with Crippen LogP contribution in [0.3, 0.4) is 0 Å². The molecule has 1 amide bonds. The molecule has 1 saturated heterocycles. The molecule has 244 valence electrons. The molecule has 1 aliphatic heterocycles. The maximum Gasteiger partial charge on any atom is 0.231 e. The number of pyridine rings is 1.